The van der Waals surface area contributed by atoms with Crippen LogP contribution < -0.4 is 0 Å². The summed E-state index contributed by atoms with van der Waals surface area (Å²) < 4.78 is 38.1. The second kappa shape index (κ2) is 5.51. The Hall–Kier alpha value is -1.84. The number of pyridine rings is 1. The van der Waals surface area contributed by atoms with Crippen molar-refractivity contribution in [1.29, 1.82) is 0 Å². The van der Waals surface area contributed by atoms with Gasteiger partial charge in [0.1, 0.15) is 0 Å². The summed E-state index contributed by atoms with van der Waals surface area (Å²) in [7, 11) is 0. The van der Waals surface area contributed by atoms with E-state index in [0.717, 1.165) is 24.1 Å². The van der Waals surface area contributed by atoms with Crippen LogP contribution in [0.25, 0.3) is 11.3 Å². The van der Waals surface area contributed by atoms with E-state index in [0.29, 0.717) is 11.3 Å². The largest absolute Gasteiger partial charge is 0.416 e. The Balaban J connectivity index is 2.27. The van der Waals surface area contributed by atoms with Crippen LogP contribution in [0.15, 0.2) is 42.6 Å². The number of halogens is 3. The quantitative estimate of drug-likeness (QED) is 0.726. The minimum Gasteiger partial charge on any atom is -0.256 e. The minimum atomic E-state index is -4.33. The number of nitrogens with zero attached hydrogens (tertiary/aromatic N) is 1. The summed E-state index contributed by atoms with van der Waals surface area (Å²) in [6.07, 6.45) is -1.72. The van der Waals surface area contributed by atoms with Gasteiger partial charge < -0.3 is 0 Å². The number of hydrogen-bond donors (Lipinski definition) is 0. The molecule has 0 aliphatic carbocycles. The number of benzene rings is 1. The summed E-state index contributed by atoms with van der Waals surface area (Å²) >= 11 is 0. The lowest BCUT2D eigenvalue weighted by Gasteiger charge is -2.17. The summed E-state index contributed by atoms with van der Waals surface area (Å²) in [6.45, 7) is 6.40. The maximum Gasteiger partial charge on any atom is 0.416 e. The normalized spacial score (nSPS) is 12.5. The van der Waals surface area contributed by atoms with Crippen LogP contribution in [-0.4, -0.2) is 4.98 Å². The Kier molecular flexibility index (Phi) is 4.08. The van der Waals surface area contributed by atoms with Crippen molar-refractivity contribution in [2.24, 2.45) is 5.41 Å². The van der Waals surface area contributed by atoms with Crippen molar-refractivity contribution in [1.82, 2.24) is 4.98 Å². The molecule has 0 fully saturated rings. The van der Waals surface area contributed by atoms with Gasteiger partial charge in [-0.3, -0.25) is 4.98 Å². The van der Waals surface area contributed by atoms with Crippen LogP contribution in [-0.2, 0) is 12.6 Å². The molecule has 0 aliphatic rings. The molecule has 0 saturated carbocycles. The second-order valence-electron chi connectivity index (χ2n) is 6.37. The molecule has 21 heavy (non-hydrogen) atoms. The van der Waals surface area contributed by atoms with Crippen molar-refractivity contribution in [3.63, 3.8) is 0 Å². The van der Waals surface area contributed by atoms with Crippen LogP contribution in [0.4, 0.5) is 13.2 Å². The zero-order valence-corrected chi connectivity index (χ0v) is 12.3. The Labute approximate surface area is 122 Å². The molecule has 0 radical (unpaired) electrons. The Morgan fingerprint density at radius 3 is 2.24 bits per heavy atom. The number of aromatic nitrogens is 1. The Morgan fingerprint density at radius 2 is 1.71 bits per heavy atom. The summed E-state index contributed by atoms with van der Waals surface area (Å²) in [5.74, 6) is 0. The van der Waals surface area contributed by atoms with E-state index in [1.54, 1.807) is 18.3 Å². The molecule has 0 saturated heterocycles. The highest BCUT2D eigenvalue weighted by molar-refractivity contribution is 5.60. The van der Waals surface area contributed by atoms with Gasteiger partial charge in [0.05, 0.1) is 11.3 Å². The van der Waals surface area contributed by atoms with Gasteiger partial charge in [-0.1, -0.05) is 39.0 Å². The maximum atomic E-state index is 12.7. The van der Waals surface area contributed by atoms with Crippen LogP contribution >= 0.6 is 0 Å². The molecule has 0 amide bonds. The molecule has 0 aliphatic heterocycles. The van der Waals surface area contributed by atoms with Crippen molar-refractivity contribution in [3.05, 3.63) is 53.7 Å². The number of rotatable bonds is 2. The van der Waals surface area contributed by atoms with Crippen molar-refractivity contribution in [2.45, 2.75) is 33.4 Å². The van der Waals surface area contributed by atoms with Gasteiger partial charge in [-0.15, -0.1) is 0 Å². The van der Waals surface area contributed by atoms with E-state index in [9.17, 15) is 13.2 Å². The van der Waals surface area contributed by atoms with Gasteiger partial charge in [0.15, 0.2) is 0 Å². The highest BCUT2D eigenvalue weighted by Gasteiger charge is 2.30. The molecule has 1 aromatic carbocycles. The molecule has 2 rings (SSSR count). The third-order valence-electron chi connectivity index (χ3n) is 3.04. The van der Waals surface area contributed by atoms with E-state index >= 15 is 0 Å². The lowest BCUT2D eigenvalue weighted by atomic mass is 9.89. The van der Waals surface area contributed by atoms with E-state index in [1.807, 2.05) is 6.07 Å². The van der Waals surface area contributed by atoms with Gasteiger partial charge in [0.25, 0.3) is 0 Å². The van der Waals surface area contributed by atoms with Crippen LogP contribution in [0.5, 0.6) is 0 Å². The summed E-state index contributed by atoms with van der Waals surface area (Å²) in [5, 5.41) is 0. The van der Waals surface area contributed by atoms with Crippen molar-refractivity contribution in [2.75, 3.05) is 0 Å². The molecular weight excluding hydrogens is 275 g/mol. The zero-order valence-electron chi connectivity index (χ0n) is 12.3. The van der Waals surface area contributed by atoms with E-state index in [-0.39, 0.29) is 5.41 Å². The van der Waals surface area contributed by atoms with Crippen molar-refractivity contribution >= 4 is 0 Å². The van der Waals surface area contributed by atoms with Gasteiger partial charge in [-0.2, -0.15) is 13.2 Å². The highest BCUT2D eigenvalue weighted by Crippen LogP contribution is 2.31. The van der Waals surface area contributed by atoms with Crippen LogP contribution in [0, 0.1) is 5.41 Å². The van der Waals surface area contributed by atoms with E-state index in [4.69, 9.17) is 0 Å². The molecule has 1 heterocycles. The molecule has 0 spiro atoms. The van der Waals surface area contributed by atoms with Crippen LogP contribution in [0.2, 0.25) is 0 Å². The van der Waals surface area contributed by atoms with Gasteiger partial charge in [0, 0.05) is 11.8 Å². The number of alkyl halides is 3. The predicted octanol–water partition coefficient (Wildman–Crippen LogP) is 5.36. The van der Waals surface area contributed by atoms with Crippen molar-refractivity contribution < 1.29 is 13.2 Å². The van der Waals surface area contributed by atoms with Gasteiger partial charge in [0.2, 0.25) is 0 Å². The molecule has 0 unspecified atom stereocenters. The fourth-order valence-electron chi connectivity index (χ4n) is 2.17. The zero-order chi connectivity index (χ0) is 15.7. The molecule has 0 N–H and O–H groups in total. The monoisotopic (exact) mass is 293 g/mol. The first kappa shape index (κ1) is 15.5. The molecule has 1 nitrogen and oxygen atoms in total. The van der Waals surface area contributed by atoms with Gasteiger partial charge in [-0.05, 0) is 35.6 Å². The molecule has 112 valence electrons. The topological polar surface area (TPSA) is 12.9 Å². The maximum absolute atomic E-state index is 12.7. The minimum absolute atomic E-state index is 0.152. The molecule has 2 aromatic rings. The fraction of sp³-hybridized carbons (Fsp3) is 0.353. The van der Waals surface area contributed by atoms with Crippen LogP contribution in [0.3, 0.4) is 0 Å². The smallest absolute Gasteiger partial charge is 0.256 e. The summed E-state index contributed by atoms with van der Waals surface area (Å²) in [4.78, 5) is 4.29. The first-order chi connectivity index (χ1) is 9.65. The Morgan fingerprint density at radius 1 is 1.00 bits per heavy atom. The highest BCUT2D eigenvalue weighted by atomic mass is 19.4. The van der Waals surface area contributed by atoms with Crippen molar-refractivity contribution in [3.8, 4) is 11.3 Å². The lowest BCUT2D eigenvalue weighted by molar-refractivity contribution is -0.137. The van der Waals surface area contributed by atoms with Gasteiger partial charge >= 0.3 is 6.18 Å². The standard InChI is InChI=1S/C17H18F3N/c1-16(2,3)10-12-7-8-15(21-11-12)13-5-4-6-14(9-13)17(18,19)20/h4-9,11H,10H2,1-3H3. The van der Waals surface area contributed by atoms with E-state index in [1.165, 1.54) is 6.07 Å². The van der Waals surface area contributed by atoms with E-state index in [2.05, 4.69) is 25.8 Å². The predicted molar refractivity (Wildman–Crippen MR) is 77.8 cm³/mol. The lowest BCUT2D eigenvalue weighted by Crippen LogP contribution is -2.09. The molecule has 1 aromatic heterocycles. The second-order valence-corrected chi connectivity index (χ2v) is 6.37. The molecular formula is C17H18F3N. The fourth-order valence-corrected chi connectivity index (χ4v) is 2.17. The number of hydrogen-bond acceptors (Lipinski definition) is 1. The van der Waals surface area contributed by atoms with Gasteiger partial charge in [-0.25, -0.2) is 0 Å². The first-order valence-corrected chi connectivity index (χ1v) is 6.78. The third-order valence-corrected chi connectivity index (χ3v) is 3.04. The first-order valence-electron chi connectivity index (χ1n) is 6.78. The third kappa shape index (κ3) is 4.31. The molecule has 0 bridgehead atoms. The molecule has 0 atom stereocenters. The average Bonchev–Trinajstić information content (AvgIpc) is 2.37. The average molecular weight is 293 g/mol. The summed E-state index contributed by atoms with van der Waals surface area (Å²) in [5.41, 5.74) is 1.61. The van der Waals surface area contributed by atoms with E-state index < -0.39 is 11.7 Å². The molecule has 4 heteroatoms. The van der Waals surface area contributed by atoms with Crippen LogP contribution in [0.1, 0.15) is 31.9 Å². The SMILES string of the molecule is CC(C)(C)Cc1ccc(-c2cccc(C(F)(F)F)c2)nc1. The summed E-state index contributed by atoms with van der Waals surface area (Å²) in [6, 6.07) is 8.94. The Bertz CT molecular complexity index is 607.